The van der Waals surface area contributed by atoms with Gasteiger partial charge in [0.1, 0.15) is 5.82 Å². The molecular weight excluding hydrogens is 494 g/mol. The summed E-state index contributed by atoms with van der Waals surface area (Å²) in [6.07, 6.45) is 14.3. The number of hydrazine groups is 1. The van der Waals surface area contributed by atoms with Crippen molar-refractivity contribution < 1.29 is 14.4 Å². The highest BCUT2D eigenvalue weighted by molar-refractivity contribution is 6.21. The van der Waals surface area contributed by atoms with Crippen LogP contribution in [-0.2, 0) is 0 Å². The van der Waals surface area contributed by atoms with Gasteiger partial charge in [-0.2, -0.15) is 0 Å². The van der Waals surface area contributed by atoms with Gasteiger partial charge in [0, 0.05) is 44.1 Å². The molecule has 1 unspecified atom stereocenters. The number of fused-ring (bicyclic) bond motifs is 2. The summed E-state index contributed by atoms with van der Waals surface area (Å²) in [5.41, 5.74) is 7.93. The van der Waals surface area contributed by atoms with Crippen LogP contribution in [0, 0.1) is 0 Å². The Balaban J connectivity index is 0.977. The minimum absolute atomic E-state index is 0.0323. The molecule has 1 saturated carbocycles. The van der Waals surface area contributed by atoms with Crippen molar-refractivity contribution in [2.24, 2.45) is 0 Å². The maximum Gasteiger partial charge on any atom is 0.320 e. The molecule has 0 radical (unpaired) electrons. The Labute approximate surface area is 228 Å². The molecule has 1 fully saturated rings. The first-order valence-electron chi connectivity index (χ1n) is 13.9. The third kappa shape index (κ3) is 5.42. The van der Waals surface area contributed by atoms with Gasteiger partial charge in [-0.1, -0.05) is 31.1 Å². The van der Waals surface area contributed by atoms with Crippen LogP contribution in [0.2, 0.25) is 0 Å². The Bertz CT molecular complexity index is 1260. The normalized spacial score (nSPS) is 22.3. The summed E-state index contributed by atoms with van der Waals surface area (Å²) in [6.45, 7) is 2.69. The number of rotatable bonds is 8. The van der Waals surface area contributed by atoms with Gasteiger partial charge in [0.15, 0.2) is 0 Å². The Morgan fingerprint density at radius 3 is 2.46 bits per heavy atom. The van der Waals surface area contributed by atoms with Gasteiger partial charge in [-0.3, -0.25) is 19.8 Å². The predicted molar refractivity (Wildman–Crippen MR) is 147 cm³/mol. The summed E-state index contributed by atoms with van der Waals surface area (Å²) < 4.78 is 0. The molecule has 0 saturated heterocycles. The van der Waals surface area contributed by atoms with E-state index in [4.69, 9.17) is 0 Å². The first-order valence-corrected chi connectivity index (χ1v) is 13.9. The lowest BCUT2D eigenvalue weighted by Crippen LogP contribution is -2.48. The molecule has 6 rings (SSSR count). The molecule has 4 amide bonds. The summed E-state index contributed by atoms with van der Waals surface area (Å²) in [6, 6.07) is 7.09. The van der Waals surface area contributed by atoms with Crippen LogP contribution in [0.4, 0.5) is 4.79 Å². The third-order valence-corrected chi connectivity index (χ3v) is 7.97. The summed E-state index contributed by atoms with van der Waals surface area (Å²) >= 11 is 0. The van der Waals surface area contributed by atoms with Crippen molar-refractivity contribution in [1.29, 1.82) is 0 Å². The van der Waals surface area contributed by atoms with Crippen molar-refractivity contribution in [3.8, 4) is 0 Å². The zero-order valence-electron chi connectivity index (χ0n) is 22.0. The lowest BCUT2D eigenvalue weighted by Gasteiger charge is -2.31. The first kappa shape index (κ1) is 25.2. The van der Waals surface area contributed by atoms with Crippen LogP contribution in [0.15, 0.2) is 71.4 Å². The average molecular weight is 530 g/mol. The van der Waals surface area contributed by atoms with E-state index in [1.54, 1.807) is 24.3 Å². The van der Waals surface area contributed by atoms with Crippen molar-refractivity contribution in [2.75, 3.05) is 26.2 Å². The third-order valence-electron chi connectivity index (χ3n) is 7.97. The van der Waals surface area contributed by atoms with Gasteiger partial charge in [-0.25, -0.2) is 10.2 Å². The number of dihydropyridines is 1. The quantitative estimate of drug-likeness (QED) is 0.259. The molecule has 1 aliphatic carbocycles. The molecular formula is C29H35N7O3. The van der Waals surface area contributed by atoms with Gasteiger partial charge in [-0.05, 0) is 61.1 Å². The van der Waals surface area contributed by atoms with Crippen molar-refractivity contribution in [3.63, 3.8) is 0 Å². The topological polar surface area (TPSA) is 118 Å². The SMILES string of the molecule is O=C(NC1=CC=C2NCC(C3=CN(CCCCN4C(=O)c5ccccc5C4=O)NC3)=CC2N1)NC1CCCC1. The molecule has 1 aromatic rings. The Hall–Kier alpha value is -4.05. The molecule has 204 valence electrons. The van der Waals surface area contributed by atoms with Crippen LogP contribution < -0.4 is 26.7 Å². The minimum Gasteiger partial charge on any atom is -0.382 e. The van der Waals surface area contributed by atoms with Crippen molar-refractivity contribution >= 4 is 17.8 Å². The first-order chi connectivity index (χ1) is 19.0. The summed E-state index contributed by atoms with van der Waals surface area (Å²) in [7, 11) is 0. The maximum atomic E-state index is 12.5. The van der Waals surface area contributed by atoms with E-state index < -0.39 is 0 Å². The van der Waals surface area contributed by atoms with E-state index in [-0.39, 0.29) is 29.9 Å². The number of carbonyl (C=O) groups excluding carboxylic acids is 3. The predicted octanol–water partition coefficient (Wildman–Crippen LogP) is 2.24. The van der Waals surface area contributed by atoms with E-state index in [0.29, 0.717) is 23.5 Å². The number of allylic oxidation sites excluding steroid dienone is 2. The molecule has 5 aliphatic rings. The number of imide groups is 1. The highest BCUT2D eigenvalue weighted by atomic mass is 16.2. The number of carbonyl (C=O) groups is 3. The van der Waals surface area contributed by atoms with Gasteiger partial charge in [0.25, 0.3) is 11.8 Å². The van der Waals surface area contributed by atoms with Crippen LogP contribution in [-0.4, -0.2) is 66.0 Å². The molecule has 0 bridgehead atoms. The number of nitrogens with zero attached hydrogens (tertiary/aromatic N) is 2. The van der Waals surface area contributed by atoms with Crippen LogP contribution in [0.3, 0.4) is 0 Å². The Morgan fingerprint density at radius 1 is 0.949 bits per heavy atom. The molecule has 39 heavy (non-hydrogen) atoms. The lowest BCUT2D eigenvalue weighted by atomic mass is 9.97. The second-order valence-corrected chi connectivity index (χ2v) is 10.6. The zero-order chi connectivity index (χ0) is 26.8. The number of amides is 4. The van der Waals surface area contributed by atoms with Gasteiger partial charge in [0.2, 0.25) is 0 Å². The minimum atomic E-state index is -0.193. The van der Waals surface area contributed by atoms with E-state index in [0.717, 1.165) is 51.0 Å². The van der Waals surface area contributed by atoms with Crippen molar-refractivity contribution in [2.45, 2.75) is 50.6 Å². The second kappa shape index (κ2) is 11.0. The van der Waals surface area contributed by atoms with E-state index in [2.05, 4.69) is 44.0 Å². The molecule has 5 N–H and O–H groups in total. The number of hydrogen-bond donors (Lipinski definition) is 5. The zero-order valence-corrected chi connectivity index (χ0v) is 22.0. The number of unbranched alkanes of at least 4 members (excludes halogenated alkanes) is 1. The van der Waals surface area contributed by atoms with E-state index in [9.17, 15) is 14.4 Å². The maximum absolute atomic E-state index is 12.5. The Morgan fingerprint density at radius 2 is 1.69 bits per heavy atom. The van der Waals surface area contributed by atoms with E-state index in [1.165, 1.54) is 28.9 Å². The van der Waals surface area contributed by atoms with Gasteiger partial charge in [-0.15, -0.1) is 0 Å². The summed E-state index contributed by atoms with van der Waals surface area (Å²) in [5, 5.41) is 15.0. The largest absolute Gasteiger partial charge is 0.382 e. The molecule has 10 nitrogen and oxygen atoms in total. The molecule has 4 heterocycles. The highest BCUT2D eigenvalue weighted by Gasteiger charge is 2.34. The fraction of sp³-hybridized carbons (Fsp3) is 0.414. The second-order valence-electron chi connectivity index (χ2n) is 10.6. The van der Waals surface area contributed by atoms with E-state index in [1.807, 2.05) is 12.2 Å². The molecule has 1 aromatic carbocycles. The van der Waals surface area contributed by atoms with Crippen molar-refractivity contribution in [1.82, 2.24) is 36.6 Å². The number of urea groups is 1. The number of nitrogens with one attached hydrogen (secondary N) is 5. The molecule has 4 aliphatic heterocycles. The van der Waals surface area contributed by atoms with Crippen LogP contribution in [0.1, 0.15) is 59.2 Å². The fourth-order valence-electron chi connectivity index (χ4n) is 5.84. The standard InChI is InChI=1S/C29H35N7O3/c37-27-22-9-3-4-10-23(22)28(38)36(27)14-6-5-13-35-18-20(17-31-35)19-15-25-24(30-16-19)11-12-26(33-25)34-29(39)32-21-7-1-2-8-21/h3-4,9-12,15,18,21,25,30-31,33H,1-2,5-8,13-14,16-17H2,(H2,32,34,39). The summed E-state index contributed by atoms with van der Waals surface area (Å²) in [4.78, 5) is 38.8. The molecule has 10 heteroatoms. The Kier molecular flexibility index (Phi) is 7.10. The number of benzene rings is 1. The van der Waals surface area contributed by atoms with Gasteiger partial charge >= 0.3 is 6.03 Å². The summed E-state index contributed by atoms with van der Waals surface area (Å²) in [5.74, 6) is 0.305. The average Bonchev–Trinajstić information content (AvgIpc) is 3.68. The smallest absolute Gasteiger partial charge is 0.320 e. The molecule has 1 atom stereocenters. The van der Waals surface area contributed by atoms with E-state index >= 15 is 0 Å². The monoisotopic (exact) mass is 529 g/mol. The van der Waals surface area contributed by atoms with Crippen LogP contribution in [0.5, 0.6) is 0 Å². The number of hydrogen-bond acceptors (Lipinski definition) is 7. The van der Waals surface area contributed by atoms with Gasteiger partial charge in [0.05, 0.1) is 17.2 Å². The highest BCUT2D eigenvalue weighted by Crippen LogP contribution is 2.24. The van der Waals surface area contributed by atoms with Gasteiger partial charge < -0.3 is 21.0 Å². The van der Waals surface area contributed by atoms with Crippen LogP contribution >= 0.6 is 0 Å². The van der Waals surface area contributed by atoms with Crippen LogP contribution in [0.25, 0.3) is 0 Å². The molecule has 0 aromatic heterocycles. The fourth-order valence-corrected chi connectivity index (χ4v) is 5.84. The molecule has 0 spiro atoms. The lowest BCUT2D eigenvalue weighted by molar-refractivity contribution is 0.0650. The van der Waals surface area contributed by atoms with Crippen molar-refractivity contribution in [3.05, 3.63) is 82.5 Å².